The van der Waals surface area contributed by atoms with Gasteiger partial charge in [-0.2, -0.15) is 0 Å². The Balaban J connectivity index is 0.932. The van der Waals surface area contributed by atoms with Crippen molar-refractivity contribution in [3.05, 3.63) is 142 Å². The molecule has 7 aromatic rings. The summed E-state index contributed by atoms with van der Waals surface area (Å²) in [6.45, 7) is 2.85. The van der Waals surface area contributed by atoms with Crippen LogP contribution in [0.3, 0.4) is 0 Å². The van der Waals surface area contributed by atoms with E-state index >= 15 is 0 Å². The van der Waals surface area contributed by atoms with Crippen LogP contribution in [0.15, 0.2) is 113 Å². The number of alkyl carbamates (subject to hydrolysis) is 2. The third-order valence-corrected chi connectivity index (χ3v) is 11.5. The fraction of sp³-hybridized carbons (Fsp3) is 0.271. The summed E-state index contributed by atoms with van der Waals surface area (Å²) < 4.78 is 15.9. The number of fused-ring (bicyclic) bond motifs is 2. The topological polar surface area (TPSA) is 214 Å². The zero-order valence-electron chi connectivity index (χ0n) is 35.6. The third-order valence-electron chi connectivity index (χ3n) is 11.5. The van der Waals surface area contributed by atoms with Crippen LogP contribution in [-0.4, -0.2) is 76.1 Å². The van der Waals surface area contributed by atoms with Crippen LogP contribution in [0.4, 0.5) is 9.59 Å². The highest BCUT2D eigenvalue weighted by Crippen LogP contribution is 2.35. The predicted octanol–water partition coefficient (Wildman–Crippen LogP) is 7.33. The highest BCUT2D eigenvalue weighted by Gasteiger charge is 2.37. The minimum absolute atomic E-state index is 0.168. The molecule has 328 valence electrons. The average Bonchev–Trinajstić information content (AvgIpc) is 4.12. The summed E-state index contributed by atoms with van der Waals surface area (Å²) >= 11 is 0. The molecule has 5 N–H and O–H groups in total. The van der Waals surface area contributed by atoms with Crippen molar-refractivity contribution in [1.29, 1.82) is 0 Å². The van der Waals surface area contributed by atoms with Gasteiger partial charge in [-0.1, -0.05) is 60.7 Å². The monoisotopic (exact) mass is 864 g/mol. The number of methoxy groups -OCH3 is 2. The van der Waals surface area contributed by atoms with E-state index in [0.29, 0.717) is 76.9 Å². The minimum atomic E-state index is -0.931. The summed E-state index contributed by atoms with van der Waals surface area (Å²) in [5, 5.41) is 9.05. The zero-order chi connectivity index (χ0) is 44.7. The summed E-state index contributed by atoms with van der Waals surface area (Å²) in [6, 6.07) is 25.0. The molecule has 64 heavy (non-hydrogen) atoms. The van der Waals surface area contributed by atoms with E-state index in [1.54, 1.807) is 65.8 Å². The number of aromatic nitrogens is 4. The average molecular weight is 865 g/mol. The molecule has 0 spiro atoms. The van der Waals surface area contributed by atoms with Crippen molar-refractivity contribution in [2.75, 3.05) is 27.3 Å². The zero-order valence-corrected chi connectivity index (χ0v) is 35.6. The highest BCUT2D eigenvalue weighted by atomic mass is 16.5. The number of rotatable bonds is 14. The number of H-pyrrole nitrogens is 2. The SMILES string of the molecule is COC(=O)N[C@@H](C(=O)NCCCCc1ncc(-c2cc3oc4ccc(-c5cnc([C@@H]6CCCN6C(=O)[C@H](NC(=O)OC)c6ccccc6)[nH]5)cc4c(=O)c3cc2C)[nH]1)c1ccccc1. The van der Waals surface area contributed by atoms with Crippen molar-refractivity contribution in [2.45, 2.75) is 57.2 Å². The number of nitrogens with zero attached hydrogens (tertiary/aromatic N) is 3. The second-order valence-corrected chi connectivity index (χ2v) is 15.6. The maximum atomic E-state index is 14.0. The third kappa shape index (κ3) is 9.21. The Morgan fingerprint density at radius 3 is 2.19 bits per heavy atom. The number of carbonyl (C=O) groups excluding carboxylic acids is 4. The second kappa shape index (κ2) is 19.1. The molecule has 0 bridgehead atoms. The van der Waals surface area contributed by atoms with Gasteiger partial charge in [0, 0.05) is 30.6 Å². The molecule has 16 heteroatoms. The molecule has 3 aromatic heterocycles. The molecule has 4 heterocycles. The Hall–Kier alpha value is -7.75. The smallest absolute Gasteiger partial charge is 0.407 e. The van der Waals surface area contributed by atoms with Gasteiger partial charge < -0.3 is 44.7 Å². The van der Waals surface area contributed by atoms with Crippen molar-refractivity contribution in [3.8, 4) is 22.5 Å². The van der Waals surface area contributed by atoms with Crippen molar-refractivity contribution in [2.24, 2.45) is 0 Å². The molecule has 0 unspecified atom stereocenters. The van der Waals surface area contributed by atoms with Crippen molar-refractivity contribution in [3.63, 3.8) is 0 Å². The number of unbranched alkanes of at least 4 members (excludes halogenated alkanes) is 1. The molecule has 8 rings (SSSR count). The molecule has 0 radical (unpaired) electrons. The number of carbonyl (C=O) groups is 4. The van der Waals surface area contributed by atoms with Crippen LogP contribution in [-0.2, 0) is 25.5 Å². The van der Waals surface area contributed by atoms with Crippen molar-refractivity contribution < 1.29 is 33.1 Å². The lowest BCUT2D eigenvalue weighted by Gasteiger charge is -2.28. The van der Waals surface area contributed by atoms with Gasteiger partial charge in [-0.05, 0) is 79.6 Å². The number of benzene rings is 4. The fourth-order valence-electron chi connectivity index (χ4n) is 8.19. The van der Waals surface area contributed by atoms with Crippen LogP contribution in [0.2, 0.25) is 0 Å². The number of amides is 4. The van der Waals surface area contributed by atoms with Crippen LogP contribution in [0.25, 0.3) is 44.5 Å². The Bertz CT molecular complexity index is 2870. The largest absolute Gasteiger partial charge is 0.456 e. The van der Waals surface area contributed by atoms with Crippen LogP contribution < -0.4 is 21.4 Å². The first-order valence-corrected chi connectivity index (χ1v) is 21.1. The van der Waals surface area contributed by atoms with E-state index in [0.717, 1.165) is 41.1 Å². The quantitative estimate of drug-likeness (QED) is 0.0542. The summed E-state index contributed by atoms with van der Waals surface area (Å²) in [4.78, 5) is 82.9. The lowest BCUT2D eigenvalue weighted by molar-refractivity contribution is -0.134. The predicted molar refractivity (Wildman–Crippen MR) is 239 cm³/mol. The van der Waals surface area contributed by atoms with E-state index in [4.69, 9.17) is 13.9 Å². The van der Waals surface area contributed by atoms with E-state index in [1.807, 2.05) is 49.4 Å². The van der Waals surface area contributed by atoms with Crippen LogP contribution in [0.1, 0.15) is 72.1 Å². The van der Waals surface area contributed by atoms with Gasteiger partial charge in [0.15, 0.2) is 0 Å². The lowest BCUT2D eigenvalue weighted by atomic mass is 10.0. The van der Waals surface area contributed by atoms with Crippen molar-refractivity contribution >= 4 is 45.9 Å². The van der Waals surface area contributed by atoms with Crippen LogP contribution >= 0.6 is 0 Å². The molecule has 1 saturated heterocycles. The Kier molecular flexibility index (Phi) is 12.8. The second-order valence-electron chi connectivity index (χ2n) is 15.6. The molecule has 16 nitrogen and oxygen atoms in total. The highest BCUT2D eigenvalue weighted by molar-refractivity contribution is 5.94. The fourth-order valence-corrected chi connectivity index (χ4v) is 8.19. The molecule has 1 aliphatic heterocycles. The standard InChI is InChI=1S/C48H48N8O8/c1-28-23-33-39(25-32(28)36-27-50-40(52-36)18-10-11-21-49-45(58)41(54-47(60)62-2)29-13-6-4-7-14-29)64-38-20-19-31(24-34(38)43(33)57)35-26-51-44(53-35)37-17-12-22-56(37)46(59)42(55-48(61)63-3)30-15-8-5-9-16-30/h4-9,13-16,19-20,23-27,37,41-42H,10-12,17-18,21-22H2,1-3H3,(H,49,58)(H,50,52)(H,51,53)(H,54,60)(H,55,61)/t37-,41+,42+/m0/s1. The summed E-state index contributed by atoms with van der Waals surface area (Å²) in [5.74, 6) is 0.794. The Labute approximate surface area is 367 Å². The molecular weight excluding hydrogens is 817 g/mol. The normalized spacial score (nSPS) is 14.5. The maximum Gasteiger partial charge on any atom is 0.407 e. The first-order valence-electron chi connectivity index (χ1n) is 21.1. The Morgan fingerprint density at radius 1 is 0.797 bits per heavy atom. The van der Waals surface area contributed by atoms with Gasteiger partial charge in [-0.25, -0.2) is 19.6 Å². The van der Waals surface area contributed by atoms with Gasteiger partial charge in [0.1, 0.15) is 34.9 Å². The molecule has 0 aliphatic carbocycles. The van der Waals surface area contributed by atoms with E-state index in [9.17, 15) is 24.0 Å². The van der Waals surface area contributed by atoms with Crippen LogP contribution in [0, 0.1) is 6.92 Å². The molecule has 4 aromatic carbocycles. The van der Waals surface area contributed by atoms with Gasteiger partial charge in [-0.15, -0.1) is 0 Å². The lowest BCUT2D eigenvalue weighted by Crippen LogP contribution is -2.42. The summed E-state index contributed by atoms with van der Waals surface area (Å²) in [5.41, 5.74) is 5.91. The summed E-state index contributed by atoms with van der Waals surface area (Å²) in [6.07, 6.45) is 5.59. The molecule has 1 fully saturated rings. The molecule has 4 amide bonds. The van der Waals surface area contributed by atoms with Gasteiger partial charge in [0.25, 0.3) is 5.91 Å². The maximum absolute atomic E-state index is 14.0. The number of imidazole rings is 2. The minimum Gasteiger partial charge on any atom is -0.456 e. The number of likely N-dealkylation sites (tertiary alicyclic amines) is 1. The first-order chi connectivity index (χ1) is 31.1. The molecule has 0 saturated carbocycles. The number of hydrogen-bond donors (Lipinski definition) is 5. The molecule has 3 atom stereocenters. The number of aryl methyl sites for hydroxylation is 2. The van der Waals surface area contributed by atoms with Crippen molar-refractivity contribution in [1.82, 2.24) is 40.8 Å². The molecular formula is C48H48N8O8. The Morgan fingerprint density at radius 2 is 1.47 bits per heavy atom. The molecule has 1 aliphatic rings. The van der Waals surface area contributed by atoms with E-state index in [-0.39, 0.29) is 23.3 Å². The number of nitrogens with one attached hydrogen (secondary N) is 5. The van der Waals surface area contributed by atoms with Crippen LogP contribution in [0.5, 0.6) is 0 Å². The first kappa shape index (κ1) is 42.9. The number of hydrogen-bond acceptors (Lipinski definition) is 10. The van der Waals surface area contributed by atoms with E-state index in [1.165, 1.54) is 14.2 Å². The summed E-state index contributed by atoms with van der Waals surface area (Å²) in [7, 11) is 2.51. The number of aromatic amines is 2. The van der Waals surface area contributed by atoms with Gasteiger partial charge >= 0.3 is 12.2 Å². The van der Waals surface area contributed by atoms with Gasteiger partial charge in [0.05, 0.1) is 54.8 Å². The van der Waals surface area contributed by atoms with E-state index in [2.05, 4.69) is 35.9 Å². The number of ether oxygens (including phenoxy) is 2. The van der Waals surface area contributed by atoms with E-state index < -0.39 is 24.3 Å². The van der Waals surface area contributed by atoms with Gasteiger partial charge in [-0.3, -0.25) is 14.4 Å². The van der Waals surface area contributed by atoms with Gasteiger partial charge in [0.2, 0.25) is 11.3 Å².